The molecule has 13 heteroatoms. The van der Waals surface area contributed by atoms with E-state index in [0.717, 1.165) is 11.1 Å². The first-order chi connectivity index (χ1) is 19.4. The molecule has 0 saturated carbocycles. The van der Waals surface area contributed by atoms with Crippen molar-refractivity contribution in [2.75, 3.05) is 13.1 Å². The van der Waals surface area contributed by atoms with Crippen LogP contribution >= 0.6 is 0 Å². The molecule has 1 aromatic rings. The van der Waals surface area contributed by atoms with E-state index in [2.05, 4.69) is 15.3 Å². The lowest BCUT2D eigenvalue weighted by atomic mass is 9.78. The minimum atomic E-state index is -1.85. The quantitative estimate of drug-likeness (QED) is 0.171. The monoisotopic (exact) mass is 585 g/mol. The number of benzene rings is 1. The summed E-state index contributed by atoms with van der Waals surface area (Å²) >= 11 is 0. The number of rotatable bonds is 10. The van der Waals surface area contributed by atoms with E-state index >= 15 is 0 Å². The minimum absolute atomic E-state index is 0.0495. The number of ether oxygens (including phenoxy) is 1. The van der Waals surface area contributed by atoms with Gasteiger partial charge in [-0.1, -0.05) is 41.4 Å². The molecule has 12 nitrogen and oxygen atoms in total. The van der Waals surface area contributed by atoms with Gasteiger partial charge in [0.05, 0.1) is 11.2 Å². The Balaban J connectivity index is 1.80. The molecule has 0 bridgehead atoms. The summed E-state index contributed by atoms with van der Waals surface area (Å²) in [5.74, 6) is -2.43. The lowest BCUT2D eigenvalue weighted by Crippen LogP contribution is -2.51. The van der Waals surface area contributed by atoms with Gasteiger partial charge in [0.1, 0.15) is 11.6 Å². The fraction of sp³-hybridized carbons (Fsp3) is 0.690. The Bertz CT molecular complexity index is 1190. The molecule has 2 saturated heterocycles. The topological polar surface area (TPSA) is 163 Å². The van der Waals surface area contributed by atoms with Crippen LogP contribution in [0.15, 0.2) is 29.4 Å². The standard InChI is InChI=1S/C29H44BN5O7/c1-19-11-13-20(14-12-19)16-22(32-25(39)40-26(2,3)4)23(36)35-17-21(29(18-35,24(37)38)33-34-31)10-9-15-30-41-27(5,6)28(7,8)42-30/h11-14,21-22H,9-10,15-18H2,1-8H3,(H,32,39)(H,37,38)/t21-,22?,29-/m0/s1. The second-order valence-corrected chi connectivity index (χ2v) is 13.3. The van der Waals surface area contributed by atoms with Crippen molar-refractivity contribution in [2.24, 2.45) is 11.0 Å². The predicted molar refractivity (Wildman–Crippen MR) is 158 cm³/mol. The first kappa shape index (κ1) is 33.2. The summed E-state index contributed by atoms with van der Waals surface area (Å²) in [5, 5.41) is 16.7. The summed E-state index contributed by atoms with van der Waals surface area (Å²) in [6.07, 6.45) is 0.817. The summed E-state index contributed by atoms with van der Waals surface area (Å²) < 4.78 is 17.5. The van der Waals surface area contributed by atoms with Gasteiger partial charge in [-0.2, -0.15) is 0 Å². The average Bonchev–Trinajstić information content (AvgIpc) is 3.32. The zero-order valence-electron chi connectivity index (χ0n) is 26.0. The zero-order valence-corrected chi connectivity index (χ0v) is 26.0. The number of alkyl carbamates (subject to hydrolysis) is 1. The van der Waals surface area contributed by atoms with E-state index in [0.29, 0.717) is 19.2 Å². The maximum atomic E-state index is 13.9. The number of carbonyl (C=O) groups is 3. The van der Waals surface area contributed by atoms with Gasteiger partial charge in [0.15, 0.2) is 5.54 Å². The van der Waals surface area contributed by atoms with Crippen LogP contribution in [0.5, 0.6) is 0 Å². The van der Waals surface area contributed by atoms with Crippen molar-refractivity contribution in [2.45, 2.75) is 109 Å². The molecule has 0 aromatic heterocycles. The number of hydrogen-bond acceptors (Lipinski definition) is 7. The molecule has 0 radical (unpaired) electrons. The molecule has 3 atom stereocenters. The van der Waals surface area contributed by atoms with Gasteiger partial charge in [0.25, 0.3) is 0 Å². The van der Waals surface area contributed by atoms with Crippen molar-refractivity contribution < 1.29 is 33.5 Å². The number of carboxylic acid groups (broad SMARTS) is 1. The number of hydrogen-bond donors (Lipinski definition) is 2. The van der Waals surface area contributed by atoms with E-state index in [1.807, 2.05) is 58.9 Å². The number of nitrogens with zero attached hydrogens (tertiary/aromatic N) is 4. The van der Waals surface area contributed by atoms with Crippen LogP contribution in [0.25, 0.3) is 10.4 Å². The minimum Gasteiger partial charge on any atom is -0.481 e. The highest BCUT2D eigenvalue weighted by molar-refractivity contribution is 6.45. The van der Waals surface area contributed by atoms with E-state index in [1.165, 1.54) is 4.90 Å². The number of amides is 2. The van der Waals surface area contributed by atoms with Gasteiger partial charge in [-0.05, 0) is 79.2 Å². The van der Waals surface area contributed by atoms with Crippen molar-refractivity contribution in [1.29, 1.82) is 0 Å². The lowest BCUT2D eigenvalue weighted by Gasteiger charge is -2.32. The molecule has 2 amide bonds. The third-order valence-electron chi connectivity index (χ3n) is 8.30. The summed E-state index contributed by atoms with van der Waals surface area (Å²) in [6, 6.07) is 6.54. The molecule has 2 aliphatic rings. The van der Waals surface area contributed by atoms with Crippen molar-refractivity contribution in [3.8, 4) is 0 Å². The van der Waals surface area contributed by atoms with Crippen molar-refractivity contribution in [3.63, 3.8) is 0 Å². The summed E-state index contributed by atoms with van der Waals surface area (Å²) in [5.41, 5.74) is 7.58. The van der Waals surface area contributed by atoms with Crippen LogP contribution in [0.4, 0.5) is 4.79 Å². The molecule has 2 heterocycles. The fourth-order valence-corrected chi connectivity index (χ4v) is 5.32. The first-order valence-corrected chi connectivity index (χ1v) is 14.4. The van der Waals surface area contributed by atoms with Gasteiger partial charge < -0.3 is 29.4 Å². The number of likely N-dealkylation sites (tertiary alicyclic amines) is 1. The molecule has 2 aliphatic heterocycles. The van der Waals surface area contributed by atoms with Crippen molar-refractivity contribution >= 4 is 25.1 Å². The normalized spacial score (nSPS) is 23.7. The Labute approximate surface area is 248 Å². The van der Waals surface area contributed by atoms with Gasteiger partial charge in [-0.25, -0.2) is 4.79 Å². The van der Waals surface area contributed by atoms with E-state index in [-0.39, 0.29) is 19.5 Å². The highest BCUT2D eigenvalue weighted by Crippen LogP contribution is 2.40. The zero-order chi connectivity index (χ0) is 31.5. The van der Waals surface area contributed by atoms with Crippen LogP contribution in [-0.2, 0) is 30.1 Å². The maximum absolute atomic E-state index is 13.9. The molecular formula is C29H44BN5O7. The number of aryl methyl sites for hydroxylation is 1. The molecule has 1 aromatic carbocycles. The lowest BCUT2D eigenvalue weighted by molar-refractivity contribution is -0.144. The summed E-state index contributed by atoms with van der Waals surface area (Å²) in [7, 11) is -0.454. The number of nitrogens with one attached hydrogen (secondary N) is 1. The molecule has 42 heavy (non-hydrogen) atoms. The Morgan fingerprint density at radius 2 is 1.79 bits per heavy atom. The smallest absolute Gasteiger partial charge is 0.457 e. The number of carbonyl (C=O) groups excluding carboxylic acids is 2. The number of azide groups is 1. The number of carboxylic acids is 1. The third-order valence-corrected chi connectivity index (χ3v) is 8.30. The SMILES string of the molecule is Cc1ccc(CC(NC(=O)OC(C)(C)C)C(=O)N2C[C@H](CCCB3OC(C)(C)C(C)(C)O3)[C@](N=[N+]=[N-])(C(=O)O)C2)cc1. The van der Waals surface area contributed by atoms with Gasteiger partial charge in [0.2, 0.25) is 5.91 Å². The Morgan fingerprint density at radius 3 is 2.31 bits per heavy atom. The van der Waals surface area contributed by atoms with E-state index in [9.17, 15) is 25.0 Å². The molecule has 0 aliphatic carbocycles. The Hall–Kier alpha value is -3.28. The number of aliphatic carboxylic acids is 1. The van der Waals surface area contributed by atoms with Crippen LogP contribution < -0.4 is 5.32 Å². The third kappa shape index (κ3) is 7.76. The summed E-state index contributed by atoms with van der Waals surface area (Å²) in [6.45, 7) is 14.7. The van der Waals surface area contributed by atoms with Gasteiger partial charge >= 0.3 is 19.2 Å². The average molecular weight is 586 g/mol. The maximum Gasteiger partial charge on any atom is 0.457 e. The van der Waals surface area contributed by atoms with Crippen LogP contribution in [0.1, 0.15) is 72.4 Å². The van der Waals surface area contributed by atoms with E-state index in [1.54, 1.807) is 20.8 Å². The highest BCUT2D eigenvalue weighted by Gasteiger charge is 2.55. The highest BCUT2D eigenvalue weighted by atomic mass is 16.7. The second kappa shape index (κ2) is 12.5. The Kier molecular flexibility index (Phi) is 9.91. The van der Waals surface area contributed by atoms with Crippen molar-refractivity contribution in [3.05, 3.63) is 45.8 Å². The molecule has 2 N–H and O–H groups in total. The first-order valence-electron chi connectivity index (χ1n) is 14.4. The molecule has 2 fully saturated rings. The fourth-order valence-electron chi connectivity index (χ4n) is 5.32. The van der Waals surface area contributed by atoms with Crippen LogP contribution in [0.3, 0.4) is 0 Å². The van der Waals surface area contributed by atoms with Gasteiger partial charge in [-0.3, -0.25) is 9.59 Å². The molecule has 0 spiro atoms. The Morgan fingerprint density at radius 1 is 1.19 bits per heavy atom. The largest absolute Gasteiger partial charge is 0.481 e. The van der Waals surface area contributed by atoms with Crippen LogP contribution in [0.2, 0.25) is 6.32 Å². The van der Waals surface area contributed by atoms with Crippen LogP contribution in [0, 0.1) is 12.8 Å². The molecular weight excluding hydrogens is 541 g/mol. The van der Waals surface area contributed by atoms with Gasteiger partial charge in [-0.15, -0.1) is 0 Å². The second-order valence-electron chi connectivity index (χ2n) is 13.3. The summed E-state index contributed by atoms with van der Waals surface area (Å²) in [4.78, 5) is 43.4. The van der Waals surface area contributed by atoms with Crippen LogP contribution in [-0.4, -0.2) is 76.6 Å². The predicted octanol–water partition coefficient (Wildman–Crippen LogP) is 4.90. The molecule has 3 rings (SSSR count). The van der Waals surface area contributed by atoms with Gasteiger partial charge in [0, 0.05) is 30.3 Å². The van der Waals surface area contributed by atoms with E-state index < -0.39 is 59.4 Å². The van der Waals surface area contributed by atoms with Crippen molar-refractivity contribution in [1.82, 2.24) is 10.2 Å². The molecule has 230 valence electrons. The van der Waals surface area contributed by atoms with E-state index in [4.69, 9.17) is 14.0 Å². The molecule has 1 unspecified atom stereocenters.